The smallest absolute Gasteiger partial charge is 0.102 e. The van der Waals surface area contributed by atoms with E-state index >= 15 is 0 Å². The van der Waals surface area contributed by atoms with Crippen molar-refractivity contribution >= 4 is 23.2 Å². The van der Waals surface area contributed by atoms with E-state index in [1.807, 2.05) is 0 Å². The normalized spacial score (nSPS) is 44.2. The predicted molar refractivity (Wildman–Crippen MR) is 70.1 cm³/mol. The van der Waals surface area contributed by atoms with E-state index in [1.165, 1.54) is 30.4 Å². The Balaban J connectivity index is 2.15. The van der Waals surface area contributed by atoms with Crippen molar-refractivity contribution in [2.75, 3.05) is 0 Å². The molecule has 4 bridgehead atoms. The van der Waals surface area contributed by atoms with Crippen LogP contribution in [0.3, 0.4) is 0 Å². The molecule has 0 saturated heterocycles. The predicted octanol–water partition coefficient (Wildman–Crippen LogP) is 4.32. The van der Waals surface area contributed by atoms with Gasteiger partial charge in [0.05, 0.1) is 16.9 Å². The average molecular weight is 268 g/mol. The van der Waals surface area contributed by atoms with Crippen LogP contribution in [0.4, 0.5) is 0 Å². The third kappa shape index (κ3) is 1.58. The third-order valence-corrected chi connectivity index (χ3v) is 5.43. The topological polar surface area (TPSA) is 23.8 Å². The van der Waals surface area contributed by atoms with Gasteiger partial charge >= 0.3 is 0 Å². The zero-order valence-electron chi connectivity index (χ0n) is 9.68. The maximum Gasteiger partial charge on any atom is 0.102 e. The van der Waals surface area contributed by atoms with Crippen LogP contribution in [0.1, 0.15) is 38.5 Å². The first-order valence-corrected chi connectivity index (χ1v) is 7.06. The molecule has 4 aliphatic rings. The molecule has 0 aliphatic heterocycles. The second-order valence-electron chi connectivity index (χ2n) is 5.42. The second-order valence-corrected chi connectivity index (χ2v) is 6.72. The molecule has 1 saturated carbocycles. The summed E-state index contributed by atoms with van der Waals surface area (Å²) in [6, 6.07) is 2.38. The lowest BCUT2D eigenvalue weighted by molar-refractivity contribution is 0.397. The molecular formula is C14H15Cl2N. The Hall–Kier alpha value is -0.450. The molecule has 0 radical (unpaired) electrons. The minimum atomic E-state index is -0.536. The third-order valence-electron chi connectivity index (χ3n) is 4.31. The van der Waals surface area contributed by atoms with Gasteiger partial charge in [0, 0.05) is 0 Å². The SMILES string of the molecule is N#CC1CC2(Cl)C=C3CCCCCC(=C2)C31Cl. The van der Waals surface area contributed by atoms with E-state index < -0.39 is 9.75 Å². The summed E-state index contributed by atoms with van der Waals surface area (Å²) in [6.07, 6.45) is 10.4. The molecule has 0 aromatic rings. The standard InChI is InChI=1S/C14H15Cl2N/c15-13-6-10-4-2-1-3-5-11(7-13)14(10,16)12(8-13)9-17/h6-7,12H,1-5,8H2. The summed E-state index contributed by atoms with van der Waals surface area (Å²) >= 11 is 13.5. The Bertz CT molecular complexity index is 431. The Morgan fingerprint density at radius 2 is 1.71 bits per heavy atom. The zero-order valence-corrected chi connectivity index (χ0v) is 11.2. The van der Waals surface area contributed by atoms with Crippen LogP contribution >= 0.6 is 23.2 Å². The molecule has 1 atom stereocenters. The first kappa shape index (κ1) is 11.6. The van der Waals surface area contributed by atoms with Gasteiger partial charge in [0.25, 0.3) is 0 Å². The highest BCUT2D eigenvalue weighted by Gasteiger charge is 2.54. The van der Waals surface area contributed by atoms with Crippen LogP contribution in [-0.2, 0) is 0 Å². The molecule has 0 aromatic carbocycles. The van der Waals surface area contributed by atoms with Crippen molar-refractivity contribution in [2.45, 2.75) is 48.3 Å². The Morgan fingerprint density at radius 1 is 1.12 bits per heavy atom. The van der Waals surface area contributed by atoms with Gasteiger partial charge in [-0.25, -0.2) is 0 Å². The summed E-state index contributed by atoms with van der Waals surface area (Å²) in [5, 5.41) is 9.36. The Morgan fingerprint density at radius 3 is 2.24 bits per heavy atom. The van der Waals surface area contributed by atoms with Crippen molar-refractivity contribution in [3.63, 3.8) is 0 Å². The van der Waals surface area contributed by atoms with E-state index in [2.05, 4.69) is 18.2 Å². The highest BCUT2D eigenvalue weighted by Crippen LogP contribution is 2.58. The van der Waals surface area contributed by atoms with Crippen LogP contribution in [0.5, 0.6) is 0 Å². The summed E-state index contributed by atoms with van der Waals surface area (Å²) in [5.41, 5.74) is 2.40. The van der Waals surface area contributed by atoms with Crippen LogP contribution in [0, 0.1) is 17.2 Å². The molecule has 4 rings (SSSR count). The average Bonchev–Trinajstić information content (AvgIpc) is 2.29. The van der Waals surface area contributed by atoms with Gasteiger partial charge in [-0.3, -0.25) is 0 Å². The van der Waals surface area contributed by atoms with Gasteiger partial charge in [0.2, 0.25) is 0 Å². The van der Waals surface area contributed by atoms with E-state index in [-0.39, 0.29) is 5.92 Å². The summed E-state index contributed by atoms with van der Waals surface area (Å²) in [7, 11) is 0. The minimum Gasteiger partial charge on any atom is -0.198 e. The van der Waals surface area contributed by atoms with Crippen LogP contribution in [-0.4, -0.2) is 9.75 Å². The molecule has 3 heteroatoms. The number of rotatable bonds is 0. The summed E-state index contributed by atoms with van der Waals surface area (Å²) in [4.78, 5) is -0.981. The lowest BCUT2D eigenvalue weighted by Crippen LogP contribution is -2.49. The molecule has 90 valence electrons. The van der Waals surface area contributed by atoms with Crippen molar-refractivity contribution in [2.24, 2.45) is 5.92 Å². The van der Waals surface area contributed by atoms with Gasteiger partial charge in [-0.1, -0.05) is 18.6 Å². The number of allylic oxidation sites excluding steroid dienone is 4. The number of nitriles is 1. The maximum absolute atomic E-state index is 9.36. The first-order chi connectivity index (χ1) is 8.08. The molecule has 4 aliphatic carbocycles. The molecule has 0 N–H and O–H groups in total. The molecule has 0 heterocycles. The van der Waals surface area contributed by atoms with Gasteiger partial charge in [-0.15, -0.1) is 23.2 Å². The maximum atomic E-state index is 9.36. The molecule has 0 amide bonds. The van der Waals surface area contributed by atoms with E-state index in [0.29, 0.717) is 6.42 Å². The Kier molecular flexibility index (Phi) is 2.58. The van der Waals surface area contributed by atoms with Gasteiger partial charge in [0.15, 0.2) is 0 Å². The van der Waals surface area contributed by atoms with Crippen LogP contribution in [0.15, 0.2) is 23.3 Å². The number of hydrogen-bond donors (Lipinski definition) is 0. The fourth-order valence-corrected chi connectivity index (χ4v) is 4.35. The first-order valence-electron chi connectivity index (χ1n) is 6.30. The molecular weight excluding hydrogens is 253 g/mol. The largest absolute Gasteiger partial charge is 0.198 e. The van der Waals surface area contributed by atoms with Gasteiger partial charge in [-0.2, -0.15) is 5.26 Å². The molecule has 0 spiro atoms. The summed E-state index contributed by atoms with van der Waals surface area (Å²) in [6.45, 7) is 0. The minimum absolute atomic E-state index is 0.167. The van der Waals surface area contributed by atoms with Crippen molar-refractivity contribution in [3.8, 4) is 6.07 Å². The number of alkyl halides is 2. The number of fused-ring (bicyclic) bond motifs is 1. The number of hydrogen-bond acceptors (Lipinski definition) is 1. The van der Waals surface area contributed by atoms with Gasteiger partial charge < -0.3 is 0 Å². The van der Waals surface area contributed by atoms with Gasteiger partial charge in [0.1, 0.15) is 4.87 Å². The van der Waals surface area contributed by atoms with E-state index in [1.54, 1.807) is 0 Å². The van der Waals surface area contributed by atoms with Gasteiger partial charge in [-0.05, 0) is 43.3 Å². The van der Waals surface area contributed by atoms with Crippen molar-refractivity contribution in [1.82, 2.24) is 0 Å². The Labute approximate surface area is 112 Å². The van der Waals surface area contributed by atoms with E-state index in [0.717, 1.165) is 12.8 Å². The highest BCUT2D eigenvalue weighted by atomic mass is 35.5. The van der Waals surface area contributed by atoms with Crippen LogP contribution < -0.4 is 0 Å². The molecule has 17 heavy (non-hydrogen) atoms. The molecule has 1 nitrogen and oxygen atoms in total. The van der Waals surface area contributed by atoms with Crippen LogP contribution in [0.2, 0.25) is 0 Å². The van der Waals surface area contributed by atoms with Crippen LogP contribution in [0.25, 0.3) is 0 Å². The fraction of sp³-hybridized carbons (Fsp3) is 0.643. The molecule has 0 aromatic heterocycles. The fourth-order valence-electron chi connectivity index (χ4n) is 3.51. The van der Waals surface area contributed by atoms with E-state index in [4.69, 9.17) is 23.2 Å². The molecule has 1 unspecified atom stereocenters. The van der Waals surface area contributed by atoms with E-state index in [9.17, 15) is 5.26 Å². The monoisotopic (exact) mass is 267 g/mol. The number of halogens is 2. The summed E-state index contributed by atoms with van der Waals surface area (Å²) < 4.78 is 0. The second kappa shape index (κ2) is 3.77. The molecule has 1 fully saturated rings. The van der Waals surface area contributed by atoms with Crippen molar-refractivity contribution in [1.29, 1.82) is 5.26 Å². The summed E-state index contributed by atoms with van der Waals surface area (Å²) in [5.74, 6) is -0.167. The lowest BCUT2D eigenvalue weighted by Gasteiger charge is -2.49. The zero-order chi connectivity index (χ0) is 12.1. The van der Waals surface area contributed by atoms with Crippen molar-refractivity contribution < 1.29 is 0 Å². The highest BCUT2D eigenvalue weighted by molar-refractivity contribution is 6.32. The lowest BCUT2D eigenvalue weighted by atomic mass is 9.62. The number of nitrogens with zero attached hydrogens (tertiary/aromatic N) is 1. The quantitative estimate of drug-likeness (QED) is 0.474. The van der Waals surface area contributed by atoms with Crippen molar-refractivity contribution in [3.05, 3.63) is 23.3 Å².